The lowest BCUT2D eigenvalue weighted by molar-refractivity contribution is 0.792. The molecule has 98 valence electrons. The van der Waals surface area contributed by atoms with Crippen molar-refractivity contribution in [2.45, 2.75) is 26.7 Å². The molecule has 0 unspecified atom stereocenters. The van der Waals surface area contributed by atoms with E-state index in [9.17, 15) is 5.26 Å². The van der Waals surface area contributed by atoms with Crippen LogP contribution in [-0.4, -0.2) is 9.78 Å². The Kier molecular flexibility index (Phi) is 3.77. The molecule has 2 N–H and O–H groups in total. The van der Waals surface area contributed by atoms with Crippen molar-refractivity contribution < 1.29 is 0 Å². The smallest absolute Gasteiger partial charge is 0.101 e. The highest BCUT2D eigenvalue weighted by atomic mass is 35.5. The van der Waals surface area contributed by atoms with Gasteiger partial charge in [0.25, 0.3) is 0 Å². The number of hydrogen-bond donors (Lipinski definition) is 1. The van der Waals surface area contributed by atoms with Crippen molar-refractivity contribution in [2.75, 3.05) is 5.73 Å². The molecule has 0 saturated carbocycles. The SMILES string of the molecule is CCc1nn(-c2cc(Cl)ccc2C#N)c(CC)c1N. The summed E-state index contributed by atoms with van der Waals surface area (Å²) in [5.41, 5.74) is 9.77. The molecule has 0 amide bonds. The standard InChI is InChI=1S/C14H15ClN4/c1-3-11-14(17)12(4-2)19(18-11)13-7-10(15)6-5-9(13)8-16/h5-7H,3-4,17H2,1-2H3. The van der Waals surface area contributed by atoms with Gasteiger partial charge in [0, 0.05) is 5.02 Å². The van der Waals surface area contributed by atoms with Gasteiger partial charge in [0.2, 0.25) is 0 Å². The summed E-state index contributed by atoms with van der Waals surface area (Å²) >= 11 is 6.02. The zero-order chi connectivity index (χ0) is 14.0. The molecule has 0 aliphatic carbocycles. The predicted molar refractivity (Wildman–Crippen MR) is 76.5 cm³/mol. The van der Waals surface area contributed by atoms with E-state index in [-0.39, 0.29) is 0 Å². The molecule has 2 aromatic rings. The van der Waals surface area contributed by atoms with Gasteiger partial charge in [-0.25, -0.2) is 4.68 Å². The Labute approximate surface area is 117 Å². The topological polar surface area (TPSA) is 67.6 Å². The van der Waals surface area contributed by atoms with Crippen molar-refractivity contribution in [3.8, 4) is 11.8 Å². The van der Waals surface area contributed by atoms with E-state index >= 15 is 0 Å². The number of rotatable bonds is 3. The number of nitrogens with zero attached hydrogens (tertiary/aromatic N) is 3. The van der Waals surface area contributed by atoms with Crippen molar-refractivity contribution in [2.24, 2.45) is 0 Å². The maximum atomic E-state index is 9.20. The summed E-state index contributed by atoms with van der Waals surface area (Å²) < 4.78 is 1.73. The Morgan fingerprint density at radius 2 is 2.11 bits per heavy atom. The quantitative estimate of drug-likeness (QED) is 0.935. The van der Waals surface area contributed by atoms with Crippen molar-refractivity contribution in [1.29, 1.82) is 5.26 Å². The molecule has 0 atom stereocenters. The molecule has 0 aliphatic rings. The number of anilines is 1. The highest BCUT2D eigenvalue weighted by molar-refractivity contribution is 6.30. The maximum Gasteiger partial charge on any atom is 0.101 e. The number of halogens is 1. The fraction of sp³-hybridized carbons (Fsp3) is 0.286. The van der Waals surface area contributed by atoms with Gasteiger partial charge in [-0.15, -0.1) is 0 Å². The minimum Gasteiger partial charge on any atom is -0.396 e. The minimum atomic E-state index is 0.532. The predicted octanol–water partition coefficient (Wildman–Crippen LogP) is 3.10. The molecule has 1 heterocycles. The van der Waals surface area contributed by atoms with E-state index < -0.39 is 0 Å². The fourth-order valence-electron chi connectivity index (χ4n) is 2.09. The molecular formula is C14H15ClN4. The summed E-state index contributed by atoms with van der Waals surface area (Å²) in [6.07, 6.45) is 1.50. The van der Waals surface area contributed by atoms with Crippen LogP contribution < -0.4 is 5.73 Å². The van der Waals surface area contributed by atoms with Gasteiger partial charge < -0.3 is 5.73 Å². The first-order valence-corrected chi connectivity index (χ1v) is 6.56. The molecule has 1 aromatic carbocycles. The van der Waals surface area contributed by atoms with Gasteiger partial charge in [0.05, 0.1) is 28.3 Å². The normalized spacial score (nSPS) is 10.4. The summed E-state index contributed by atoms with van der Waals surface area (Å²) in [5.74, 6) is 0. The van der Waals surface area contributed by atoms with Crippen LogP contribution in [0.5, 0.6) is 0 Å². The van der Waals surface area contributed by atoms with E-state index in [0.717, 1.165) is 24.2 Å². The van der Waals surface area contributed by atoms with Crippen LogP contribution in [0.1, 0.15) is 30.8 Å². The number of nitrogens with two attached hydrogens (primary N) is 1. The van der Waals surface area contributed by atoms with Crippen LogP contribution in [0.25, 0.3) is 5.69 Å². The average Bonchev–Trinajstić information content (AvgIpc) is 2.74. The van der Waals surface area contributed by atoms with Gasteiger partial charge in [-0.2, -0.15) is 10.4 Å². The zero-order valence-corrected chi connectivity index (χ0v) is 11.7. The number of hydrogen-bond acceptors (Lipinski definition) is 3. The van der Waals surface area contributed by atoms with Crippen LogP contribution in [0.2, 0.25) is 5.02 Å². The molecule has 5 heteroatoms. The Morgan fingerprint density at radius 3 is 2.68 bits per heavy atom. The Morgan fingerprint density at radius 1 is 1.37 bits per heavy atom. The number of aromatic nitrogens is 2. The van der Waals surface area contributed by atoms with Gasteiger partial charge in [0.1, 0.15) is 6.07 Å². The summed E-state index contributed by atoms with van der Waals surface area (Å²) in [6.45, 7) is 4.02. The average molecular weight is 275 g/mol. The van der Waals surface area contributed by atoms with Crippen molar-refractivity contribution >= 4 is 17.3 Å². The van der Waals surface area contributed by atoms with E-state index in [2.05, 4.69) is 11.2 Å². The highest BCUT2D eigenvalue weighted by Gasteiger charge is 2.16. The minimum absolute atomic E-state index is 0.532. The first-order valence-electron chi connectivity index (χ1n) is 6.18. The van der Waals surface area contributed by atoms with Crippen LogP contribution in [0.4, 0.5) is 5.69 Å². The molecule has 4 nitrogen and oxygen atoms in total. The lowest BCUT2D eigenvalue weighted by atomic mass is 10.1. The molecule has 1 aromatic heterocycles. The second-order valence-electron chi connectivity index (χ2n) is 4.20. The first kappa shape index (κ1) is 13.4. The molecule has 0 spiro atoms. The van der Waals surface area contributed by atoms with Gasteiger partial charge in [-0.3, -0.25) is 0 Å². The monoisotopic (exact) mass is 274 g/mol. The number of benzene rings is 1. The van der Waals surface area contributed by atoms with Crippen molar-refractivity contribution in [1.82, 2.24) is 9.78 Å². The van der Waals surface area contributed by atoms with E-state index in [0.29, 0.717) is 22.0 Å². The van der Waals surface area contributed by atoms with E-state index in [4.69, 9.17) is 17.3 Å². The van der Waals surface area contributed by atoms with Gasteiger partial charge in [-0.1, -0.05) is 25.4 Å². The van der Waals surface area contributed by atoms with Gasteiger partial charge >= 0.3 is 0 Å². The van der Waals surface area contributed by atoms with E-state index in [1.165, 1.54) is 0 Å². The third-order valence-electron chi connectivity index (χ3n) is 3.08. The molecule has 0 saturated heterocycles. The lowest BCUT2D eigenvalue weighted by Crippen LogP contribution is -2.05. The van der Waals surface area contributed by atoms with Crippen LogP contribution in [0, 0.1) is 11.3 Å². The summed E-state index contributed by atoms with van der Waals surface area (Å²) in [4.78, 5) is 0. The number of nitrogen functional groups attached to an aromatic ring is 1. The molecule has 0 radical (unpaired) electrons. The summed E-state index contributed by atoms with van der Waals surface area (Å²) in [6, 6.07) is 7.29. The highest BCUT2D eigenvalue weighted by Crippen LogP contribution is 2.26. The molecule has 0 aliphatic heterocycles. The van der Waals surface area contributed by atoms with Crippen LogP contribution in [0.3, 0.4) is 0 Å². The third-order valence-corrected chi connectivity index (χ3v) is 3.31. The molecule has 2 rings (SSSR count). The van der Waals surface area contributed by atoms with Crippen LogP contribution in [0.15, 0.2) is 18.2 Å². The van der Waals surface area contributed by atoms with Crippen LogP contribution >= 0.6 is 11.6 Å². The van der Waals surface area contributed by atoms with Crippen LogP contribution in [-0.2, 0) is 12.8 Å². The Bertz CT molecular complexity index is 652. The largest absolute Gasteiger partial charge is 0.396 e. The molecular weight excluding hydrogens is 260 g/mol. The number of nitriles is 1. The van der Waals surface area contributed by atoms with E-state index in [1.54, 1.807) is 22.9 Å². The van der Waals surface area contributed by atoms with Gasteiger partial charge in [0.15, 0.2) is 0 Å². The number of aryl methyl sites for hydroxylation is 1. The molecule has 0 bridgehead atoms. The molecule has 19 heavy (non-hydrogen) atoms. The van der Waals surface area contributed by atoms with E-state index in [1.807, 2.05) is 13.8 Å². The Hall–Kier alpha value is -1.99. The third kappa shape index (κ3) is 2.29. The maximum absolute atomic E-state index is 9.20. The lowest BCUT2D eigenvalue weighted by Gasteiger charge is -2.08. The summed E-state index contributed by atoms with van der Waals surface area (Å²) in [5, 5.41) is 14.3. The first-order chi connectivity index (χ1) is 9.12. The van der Waals surface area contributed by atoms with Gasteiger partial charge in [-0.05, 0) is 31.0 Å². The van der Waals surface area contributed by atoms with Crippen molar-refractivity contribution in [3.05, 3.63) is 40.2 Å². The van der Waals surface area contributed by atoms with Crippen molar-refractivity contribution in [3.63, 3.8) is 0 Å². The summed E-state index contributed by atoms with van der Waals surface area (Å²) in [7, 11) is 0. The second kappa shape index (κ2) is 5.33. The zero-order valence-electron chi connectivity index (χ0n) is 10.9. The Balaban J connectivity index is 2.72. The molecule has 0 fully saturated rings. The second-order valence-corrected chi connectivity index (χ2v) is 4.64. The fourth-order valence-corrected chi connectivity index (χ4v) is 2.26.